The SMILES string of the molecule is CN(C)CCc1cc(CCNC=O)nc(-c2ccc(F)cc2)c1O. The molecule has 0 bridgehead atoms. The summed E-state index contributed by atoms with van der Waals surface area (Å²) in [7, 11) is 3.93. The molecule has 24 heavy (non-hydrogen) atoms. The summed E-state index contributed by atoms with van der Waals surface area (Å²) in [4.78, 5) is 16.9. The van der Waals surface area contributed by atoms with Gasteiger partial charge in [0.2, 0.25) is 6.41 Å². The van der Waals surface area contributed by atoms with Crippen LogP contribution in [0.1, 0.15) is 11.3 Å². The summed E-state index contributed by atoms with van der Waals surface area (Å²) in [5.74, 6) is -0.215. The molecule has 1 amide bonds. The maximum atomic E-state index is 13.1. The average molecular weight is 331 g/mol. The molecule has 0 saturated heterocycles. The fourth-order valence-electron chi connectivity index (χ4n) is 2.38. The molecule has 5 nitrogen and oxygen atoms in total. The van der Waals surface area contributed by atoms with Gasteiger partial charge < -0.3 is 15.3 Å². The lowest BCUT2D eigenvalue weighted by Crippen LogP contribution is -2.17. The lowest BCUT2D eigenvalue weighted by atomic mass is 10.0. The largest absolute Gasteiger partial charge is 0.505 e. The Balaban J connectivity index is 2.38. The molecule has 0 aliphatic rings. The van der Waals surface area contributed by atoms with Crippen molar-refractivity contribution < 1.29 is 14.3 Å². The van der Waals surface area contributed by atoms with Crippen LogP contribution in [0.2, 0.25) is 0 Å². The van der Waals surface area contributed by atoms with Crippen LogP contribution in [0.25, 0.3) is 11.3 Å². The van der Waals surface area contributed by atoms with Gasteiger partial charge in [-0.05, 0) is 56.4 Å². The molecule has 1 aromatic heterocycles. The third kappa shape index (κ3) is 4.76. The van der Waals surface area contributed by atoms with Gasteiger partial charge in [-0.3, -0.25) is 4.79 Å². The molecule has 0 saturated carbocycles. The normalized spacial score (nSPS) is 10.8. The smallest absolute Gasteiger partial charge is 0.207 e. The van der Waals surface area contributed by atoms with E-state index in [0.29, 0.717) is 37.1 Å². The van der Waals surface area contributed by atoms with Crippen LogP contribution < -0.4 is 5.32 Å². The van der Waals surface area contributed by atoms with Crippen LogP contribution in [0, 0.1) is 5.82 Å². The summed E-state index contributed by atoms with van der Waals surface area (Å²) < 4.78 is 13.1. The molecule has 128 valence electrons. The van der Waals surface area contributed by atoms with E-state index in [1.54, 1.807) is 12.1 Å². The number of halogens is 1. The number of nitrogens with zero attached hydrogens (tertiary/aromatic N) is 2. The van der Waals surface area contributed by atoms with Crippen molar-refractivity contribution in [2.45, 2.75) is 12.8 Å². The first-order chi connectivity index (χ1) is 11.5. The maximum Gasteiger partial charge on any atom is 0.207 e. The molecule has 0 radical (unpaired) electrons. The van der Waals surface area contributed by atoms with Crippen molar-refractivity contribution in [1.29, 1.82) is 0 Å². The number of hydrogen-bond donors (Lipinski definition) is 2. The molecule has 0 fully saturated rings. The number of pyridine rings is 1. The summed E-state index contributed by atoms with van der Waals surface area (Å²) in [5.41, 5.74) is 2.66. The first-order valence-corrected chi connectivity index (χ1v) is 7.80. The third-order valence-electron chi connectivity index (χ3n) is 3.68. The number of aromatic nitrogens is 1. The number of carbonyl (C=O) groups excluding carboxylic acids is 1. The first-order valence-electron chi connectivity index (χ1n) is 7.80. The summed E-state index contributed by atoms with van der Waals surface area (Å²) in [6.07, 6.45) is 1.88. The summed E-state index contributed by atoms with van der Waals surface area (Å²) in [5, 5.41) is 13.2. The van der Waals surface area contributed by atoms with Gasteiger partial charge >= 0.3 is 0 Å². The highest BCUT2D eigenvalue weighted by molar-refractivity contribution is 5.68. The zero-order chi connectivity index (χ0) is 17.5. The van der Waals surface area contributed by atoms with Gasteiger partial charge in [0, 0.05) is 30.8 Å². The second-order valence-corrected chi connectivity index (χ2v) is 5.85. The molecule has 1 heterocycles. The summed E-state index contributed by atoms with van der Waals surface area (Å²) >= 11 is 0. The molecule has 0 spiro atoms. The van der Waals surface area contributed by atoms with Crippen molar-refractivity contribution >= 4 is 6.41 Å². The van der Waals surface area contributed by atoms with Gasteiger partial charge in [0.05, 0.1) is 0 Å². The van der Waals surface area contributed by atoms with E-state index in [4.69, 9.17) is 0 Å². The van der Waals surface area contributed by atoms with Crippen molar-refractivity contribution in [1.82, 2.24) is 15.2 Å². The maximum absolute atomic E-state index is 13.1. The van der Waals surface area contributed by atoms with Crippen molar-refractivity contribution in [3.8, 4) is 17.0 Å². The minimum absolute atomic E-state index is 0.121. The van der Waals surface area contributed by atoms with Gasteiger partial charge in [0.1, 0.15) is 17.3 Å². The highest BCUT2D eigenvalue weighted by Gasteiger charge is 2.14. The highest BCUT2D eigenvalue weighted by atomic mass is 19.1. The number of likely N-dealkylation sites (N-methyl/N-ethyl adjacent to an activating group) is 1. The monoisotopic (exact) mass is 331 g/mol. The Hall–Kier alpha value is -2.47. The quantitative estimate of drug-likeness (QED) is 0.573. The van der Waals surface area contributed by atoms with Gasteiger partial charge in [-0.25, -0.2) is 9.37 Å². The molecule has 0 aliphatic carbocycles. The number of amides is 1. The molecule has 2 aromatic rings. The van der Waals surface area contributed by atoms with Gasteiger partial charge in [-0.1, -0.05) is 0 Å². The van der Waals surface area contributed by atoms with E-state index >= 15 is 0 Å². The minimum Gasteiger partial charge on any atom is -0.505 e. The van der Waals surface area contributed by atoms with Crippen LogP contribution in [-0.2, 0) is 17.6 Å². The van der Waals surface area contributed by atoms with Gasteiger partial charge in [-0.15, -0.1) is 0 Å². The van der Waals surface area contributed by atoms with E-state index in [1.165, 1.54) is 12.1 Å². The van der Waals surface area contributed by atoms with Crippen LogP contribution in [0.3, 0.4) is 0 Å². The molecular weight excluding hydrogens is 309 g/mol. The van der Waals surface area contributed by atoms with E-state index in [1.807, 2.05) is 25.1 Å². The highest BCUT2D eigenvalue weighted by Crippen LogP contribution is 2.31. The lowest BCUT2D eigenvalue weighted by molar-refractivity contribution is -0.109. The van der Waals surface area contributed by atoms with Crippen molar-refractivity contribution in [3.05, 3.63) is 47.4 Å². The number of carbonyl (C=O) groups is 1. The number of aromatic hydroxyl groups is 1. The Labute approximate surface area is 141 Å². The summed E-state index contributed by atoms with van der Waals surface area (Å²) in [6.45, 7) is 1.25. The minimum atomic E-state index is -0.336. The van der Waals surface area contributed by atoms with E-state index in [-0.39, 0.29) is 11.6 Å². The zero-order valence-electron chi connectivity index (χ0n) is 13.9. The fourth-order valence-corrected chi connectivity index (χ4v) is 2.38. The van der Waals surface area contributed by atoms with Gasteiger partial charge in [0.25, 0.3) is 0 Å². The molecule has 0 aliphatic heterocycles. The molecular formula is C18H22FN3O2. The number of rotatable bonds is 8. The predicted molar refractivity (Wildman–Crippen MR) is 91.3 cm³/mol. The van der Waals surface area contributed by atoms with Crippen LogP contribution >= 0.6 is 0 Å². The molecule has 0 atom stereocenters. The van der Waals surface area contributed by atoms with Gasteiger partial charge in [-0.2, -0.15) is 0 Å². The Morgan fingerprint density at radius 1 is 1.25 bits per heavy atom. The van der Waals surface area contributed by atoms with Crippen LogP contribution in [0.15, 0.2) is 30.3 Å². The topological polar surface area (TPSA) is 65.5 Å². The zero-order valence-corrected chi connectivity index (χ0v) is 13.9. The fraction of sp³-hybridized carbons (Fsp3) is 0.333. The molecule has 1 aromatic carbocycles. The van der Waals surface area contributed by atoms with E-state index in [9.17, 15) is 14.3 Å². The Morgan fingerprint density at radius 3 is 2.58 bits per heavy atom. The molecule has 6 heteroatoms. The Morgan fingerprint density at radius 2 is 1.96 bits per heavy atom. The second-order valence-electron chi connectivity index (χ2n) is 5.85. The van der Waals surface area contributed by atoms with E-state index < -0.39 is 0 Å². The van der Waals surface area contributed by atoms with Crippen molar-refractivity contribution in [2.24, 2.45) is 0 Å². The number of benzene rings is 1. The van der Waals surface area contributed by atoms with Crippen LogP contribution in [0.4, 0.5) is 4.39 Å². The van der Waals surface area contributed by atoms with E-state index in [0.717, 1.165) is 17.8 Å². The Kier molecular flexibility index (Phi) is 6.26. The predicted octanol–water partition coefficient (Wildman–Crippen LogP) is 1.99. The molecule has 0 unspecified atom stereocenters. The summed E-state index contributed by atoms with van der Waals surface area (Å²) in [6, 6.07) is 7.74. The third-order valence-corrected chi connectivity index (χ3v) is 3.68. The van der Waals surface area contributed by atoms with Crippen LogP contribution in [-0.4, -0.2) is 48.6 Å². The lowest BCUT2D eigenvalue weighted by Gasteiger charge is -2.15. The first kappa shape index (κ1) is 17.9. The van der Waals surface area contributed by atoms with Gasteiger partial charge in [0.15, 0.2) is 0 Å². The number of nitrogens with one attached hydrogen (secondary N) is 1. The van der Waals surface area contributed by atoms with Crippen molar-refractivity contribution in [3.63, 3.8) is 0 Å². The molecule has 2 rings (SSSR count). The molecule has 2 N–H and O–H groups in total. The second kappa shape index (κ2) is 8.40. The Bertz CT molecular complexity index is 687. The standard InChI is InChI=1S/C18H22FN3O2/c1-22(2)10-8-14-11-16(7-9-20-12-23)21-17(18(14)24)13-3-5-15(19)6-4-13/h3-6,11-12,24H,7-10H2,1-2H3,(H,20,23). The van der Waals surface area contributed by atoms with Crippen molar-refractivity contribution in [2.75, 3.05) is 27.2 Å². The average Bonchev–Trinajstić information content (AvgIpc) is 2.56. The number of hydrogen-bond acceptors (Lipinski definition) is 4. The van der Waals surface area contributed by atoms with Crippen LogP contribution in [0.5, 0.6) is 5.75 Å². The van der Waals surface area contributed by atoms with E-state index in [2.05, 4.69) is 10.3 Å².